The van der Waals surface area contributed by atoms with Crippen molar-refractivity contribution in [1.29, 1.82) is 0 Å². The Labute approximate surface area is 165 Å². The maximum absolute atomic E-state index is 12.1. The third-order valence-electron chi connectivity index (χ3n) is 4.33. The van der Waals surface area contributed by atoms with E-state index in [1.807, 2.05) is 48.5 Å². The molecule has 0 spiro atoms. The van der Waals surface area contributed by atoms with Crippen LogP contribution in [0.25, 0.3) is 22.1 Å². The standard InChI is InChI=1S/C20H19N5O2S/c1-27-14-8-6-13(7-9-14)10-11-21-17(26)12-28-20-23-19-18(24-25-20)15-4-2-3-5-16(15)22-19/h2-9H,10-12H2,1H3,(H,21,26)(H,22,23,25). The molecule has 0 unspecified atom stereocenters. The second-order valence-electron chi connectivity index (χ2n) is 6.20. The SMILES string of the molecule is COc1ccc(CCNC(=O)CSc2nnc3c(n2)[nH]c2ccccc23)cc1. The van der Waals surface area contributed by atoms with Gasteiger partial charge in [0.1, 0.15) is 11.3 Å². The second kappa shape index (κ2) is 8.26. The van der Waals surface area contributed by atoms with Crippen LogP contribution < -0.4 is 10.1 Å². The first-order valence-corrected chi connectivity index (χ1v) is 9.85. The maximum atomic E-state index is 12.1. The molecule has 0 aliphatic carbocycles. The van der Waals surface area contributed by atoms with Gasteiger partial charge in [0.2, 0.25) is 11.1 Å². The van der Waals surface area contributed by atoms with Gasteiger partial charge in [-0.3, -0.25) is 4.79 Å². The summed E-state index contributed by atoms with van der Waals surface area (Å²) in [6.07, 6.45) is 0.763. The van der Waals surface area contributed by atoms with Gasteiger partial charge in [0, 0.05) is 17.4 Å². The number of thioether (sulfide) groups is 1. The number of amides is 1. The zero-order valence-corrected chi connectivity index (χ0v) is 16.1. The summed E-state index contributed by atoms with van der Waals surface area (Å²) in [6, 6.07) is 15.7. The molecule has 28 heavy (non-hydrogen) atoms. The summed E-state index contributed by atoms with van der Waals surface area (Å²) in [5.41, 5.74) is 3.53. The molecule has 0 aliphatic rings. The van der Waals surface area contributed by atoms with Gasteiger partial charge in [0.15, 0.2) is 5.65 Å². The van der Waals surface area contributed by atoms with Crippen molar-refractivity contribution in [2.75, 3.05) is 19.4 Å². The molecule has 2 aromatic heterocycles. The van der Waals surface area contributed by atoms with Gasteiger partial charge in [-0.15, -0.1) is 10.2 Å². The number of methoxy groups -OCH3 is 1. The summed E-state index contributed by atoms with van der Waals surface area (Å²) in [5.74, 6) is 1.01. The molecule has 142 valence electrons. The summed E-state index contributed by atoms with van der Waals surface area (Å²) >= 11 is 1.27. The number of fused-ring (bicyclic) bond motifs is 3. The molecule has 8 heteroatoms. The van der Waals surface area contributed by atoms with Crippen LogP contribution in [0.1, 0.15) is 5.56 Å². The molecule has 0 bridgehead atoms. The molecule has 0 aliphatic heterocycles. The minimum Gasteiger partial charge on any atom is -0.497 e. The highest BCUT2D eigenvalue weighted by Gasteiger charge is 2.10. The van der Waals surface area contributed by atoms with Crippen molar-refractivity contribution in [3.63, 3.8) is 0 Å². The Hall–Kier alpha value is -3.13. The number of nitrogens with one attached hydrogen (secondary N) is 2. The number of hydrogen-bond donors (Lipinski definition) is 2. The van der Waals surface area contributed by atoms with Crippen molar-refractivity contribution in [3.05, 3.63) is 54.1 Å². The van der Waals surface area contributed by atoms with Crippen LogP contribution in [0, 0.1) is 0 Å². The Morgan fingerprint density at radius 3 is 2.79 bits per heavy atom. The molecule has 2 heterocycles. The van der Waals surface area contributed by atoms with E-state index in [2.05, 4.69) is 25.5 Å². The van der Waals surface area contributed by atoms with Crippen LogP contribution in [0.4, 0.5) is 0 Å². The molecular weight excluding hydrogens is 374 g/mol. The number of rotatable bonds is 7. The molecule has 1 amide bonds. The van der Waals surface area contributed by atoms with Crippen molar-refractivity contribution in [2.45, 2.75) is 11.6 Å². The van der Waals surface area contributed by atoms with E-state index in [9.17, 15) is 4.79 Å². The highest BCUT2D eigenvalue weighted by atomic mass is 32.2. The second-order valence-corrected chi connectivity index (χ2v) is 7.14. The van der Waals surface area contributed by atoms with E-state index in [4.69, 9.17) is 4.74 Å². The monoisotopic (exact) mass is 393 g/mol. The van der Waals surface area contributed by atoms with E-state index in [-0.39, 0.29) is 11.7 Å². The molecule has 4 aromatic rings. The van der Waals surface area contributed by atoms with Crippen molar-refractivity contribution >= 4 is 39.7 Å². The first kappa shape index (κ1) is 18.2. The smallest absolute Gasteiger partial charge is 0.230 e. The average molecular weight is 393 g/mol. The van der Waals surface area contributed by atoms with Crippen LogP contribution in [0.5, 0.6) is 5.75 Å². The van der Waals surface area contributed by atoms with Gasteiger partial charge in [-0.1, -0.05) is 42.1 Å². The van der Waals surface area contributed by atoms with Crippen LogP contribution in [0.15, 0.2) is 53.7 Å². The number of para-hydroxylation sites is 1. The lowest BCUT2D eigenvalue weighted by atomic mass is 10.1. The van der Waals surface area contributed by atoms with Gasteiger partial charge in [0.05, 0.1) is 12.9 Å². The number of hydrogen-bond acceptors (Lipinski definition) is 6. The van der Waals surface area contributed by atoms with E-state index < -0.39 is 0 Å². The lowest BCUT2D eigenvalue weighted by Crippen LogP contribution is -2.27. The highest BCUT2D eigenvalue weighted by molar-refractivity contribution is 7.99. The zero-order chi connectivity index (χ0) is 19.3. The quantitative estimate of drug-likeness (QED) is 0.469. The number of benzene rings is 2. The van der Waals surface area contributed by atoms with Gasteiger partial charge in [-0.05, 0) is 30.2 Å². The number of H-pyrrole nitrogens is 1. The molecule has 7 nitrogen and oxygen atoms in total. The number of carbonyl (C=O) groups excluding carboxylic acids is 1. The third-order valence-corrected chi connectivity index (χ3v) is 5.17. The summed E-state index contributed by atoms with van der Waals surface area (Å²) < 4.78 is 5.14. The fraction of sp³-hybridized carbons (Fsp3) is 0.200. The topological polar surface area (TPSA) is 92.8 Å². The van der Waals surface area contributed by atoms with Crippen molar-refractivity contribution in [1.82, 2.24) is 25.5 Å². The third kappa shape index (κ3) is 4.07. The average Bonchev–Trinajstić information content (AvgIpc) is 3.10. The molecular formula is C20H19N5O2S. The minimum absolute atomic E-state index is 0.0566. The predicted octanol–water partition coefficient (Wildman–Crippen LogP) is 2.97. The van der Waals surface area contributed by atoms with Crippen LogP contribution >= 0.6 is 11.8 Å². The van der Waals surface area contributed by atoms with Gasteiger partial charge in [-0.2, -0.15) is 0 Å². The minimum atomic E-state index is -0.0566. The number of nitrogens with zero attached hydrogens (tertiary/aromatic N) is 3. The molecule has 4 rings (SSSR count). The fourth-order valence-corrected chi connectivity index (χ4v) is 3.50. The maximum Gasteiger partial charge on any atom is 0.230 e. The Bertz CT molecular complexity index is 1110. The van der Waals surface area contributed by atoms with Gasteiger partial charge < -0.3 is 15.0 Å². The zero-order valence-electron chi connectivity index (χ0n) is 15.3. The highest BCUT2D eigenvalue weighted by Crippen LogP contribution is 2.23. The molecule has 0 fully saturated rings. The Balaban J connectivity index is 1.29. The van der Waals surface area contributed by atoms with E-state index in [0.717, 1.165) is 34.2 Å². The lowest BCUT2D eigenvalue weighted by Gasteiger charge is -2.06. The van der Waals surface area contributed by atoms with Crippen molar-refractivity contribution in [2.24, 2.45) is 0 Å². The van der Waals surface area contributed by atoms with Crippen LogP contribution in [0.2, 0.25) is 0 Å². The molecule has 0 saturated carbocycles. The number of aromatic amines is 1. The Morgan fingerprint density at radius 1 is 1.14 bits per heavy atom. The normalized spacial score (nSPS) is 11.0. The van der Waals surface area contributed by atoms with E-state index in [1.54, 1.807) is 7.11 Å². The van der Waals surface area contributed by atoms with E-state index in [0.29, 0.717) is 17.3 Å². The van der Waals surface area contributed by atoms with Gasteiger partial charge in [-0.25, -0.2) is 4.98 Å². The van der Waals surface area contributed by atoms with E-state index >= 15 is 0 Å². The van der Waals surface area contributed by atoms with Gasteiger partial charge >= 0.3 is 0 Å². The van der Waals surface area contributed by atoms with Crippen LogP contribution in [0.3, 0.4) is 0 Å². The van der Waals surface area contributed by atoms with Crippen LogP contribution in [-0.4, -0.2) is 45.5 Å². The summed E-state index contributed by atoms with van der Waals surface area (Å²) in [5, 5.41) is 12.8. The van der Waals surface area contributed by atoms with Crippen molar-refractivity contribution < 1.29 is 9.53 Å². The number of carbonyl (C=O) groups is 1. The number of ether oxygens (including phenoxy) is 1. The predicted molar refractivity (Wildman–Crippen MR) is 110 cm³/mol. The van der Waals surface area contributed by atoms with Crippen molar-refractivity contribution in [3.8, 4) is 5.75 Å². The number of aromatic nitrogens is 4. The molecule has 0 atom stereocenters. The first-order valence-electron chi connectivity index (χ1n) is 8.86. The Kier molecular flexibility index (Phi) is 5.38. The molecule has 0 saturated heterocycles. The largest absolute Gasteiger partial charge is 0.497 e. The molecule has 0 radical (unpaired) electrons. The summed E-state index contributed by atoms with van der Waals surface area (Å²) in [6.45, 7) is 0.575. The lowest BCUT2D eigenvalue weighted by molar-refractivity contribution is -0.118. The first-order chi connectivity index (χ1) is 13.7. The molecule has 2 aromatic carbocycles. The van der Waals surface area contributed by atoms with E-state index in [1.165, 1.54) is 11.8 Å². The molecule has 2 N–H and O–H groups in total. The Morgan fingerprint density at radius 2 is 1.96 bits per heavy atom. The van der Waals surface area contributed by atoms with Gasteiger partial charge in [0.25, 0.3) is 0 Å². The summed E-state index contributed by atoms with van der Waals surface area (Å²) in [7, 11) is 1.64. The fourth-order valence-electron chi connectivity index (χ4n) is 2.89. The summed E-state index contributed by atoms with van der Waals surface area (Å²) in [4.78, 5) is 19.8. The van der Waals surface area contributed by atoms with Crippen LogP contribution in [-0.2, 0) is 11.2 Å².